The van der Waals surface area contributed by atoms with Gasteiger partial charge in [-0.1, -0.05) is 0 Å². The quantitative estimate of drug-likeness (QED) is 0.827. The lowest BCUT2D eigenvalue weighted by Crippen LogP contribution is -2.02. The summed E-state index contributed by atoms with van der Waals surface area (Å²) in [6, 6.07) is 5.96. The number of nitrogens with zero attached hydrogens (tertiary/aromatic N) is 2. The molecule has 0 atom stereocenters. The van der Waals surface area contributed by atoms with Crippen LogP contribution in [0.4, 0.5) is 0 Å². The highest BCUT2D eigenvalue weighted by Gasteiger charge is 2.25. The average molecular weight is 246 g/mol. The lowest BCUT2D eigenvalue weighted by molar-refractivity contribution is 0.273. The number of fused-ring (bicyclic) bond motifs is 1. The van der Waals surface area contributed by atoms with E-state index in [0.717, 1.165) is 29.5 Å². The molecule has 1 aromatic carbocycles. The van der Waals surface area contributed by atoms with E-state index in [4.69, 9.17) is 14.2 Å². The van der Waals surface area contributed by atoms with Crippen LogP contribution >= 0.6 is 0 Å². The second-order valence-electron chi connectivity index (χ2n) is 4.22. The Labute approximate surface area is 105 Å². The zero-order chi connectivity index (χ0) is 12.5. The molecule has 1 aliphatic rings. The van der Waals surface area contributed by atoms with Crippen molar-refractivity contribution in [1.82, 2.24) is 9.97 Å². The monoisotopic (exact) mass is 246 g/mol. The highest BCUT2D eigenvalue weighted by Crippen LogP contribution is 2.30. The minimum absolute atomic E-state index is 0.262. The Morgan fingerprint density at radius 3 is 2.61 bits per heavy atom. The fraction of sp³-hybridized carbons (Fsp3) is 0.385. The molecule has 0 radical (unpaired) electrons. The van der Waals surface area contributed by atoms with Crippen LogP contribution in [0.15, 0.2) is 18.2 Å². The van der Waals surface area contributed by atoms with Crippen molar-refractivity contribution in [2.45, 2.75) is 18.9 Å². The predicted molar refractivity (Wildman–Crippen MR) is 66.3 cm³/mol. The molecule has 18 heavy (non-hydrogen) atoms. The first-order chi connectivity index (χ1) is 8.80. The number of methoxy groups -OCH3 is 2. The standard InChI is InChI=1S/C13H14N2O3/c1-16-9-5-6-10-11(7-9)14-13(15-12(10)17-2)18-8-3-4-8/h5-8H,3-4H2,1-2H3. The van der Waals surface area contributed by atoms with E-state index in [1.807, 2.05) is 18.2 Å². The molecule has 2 aromatic rings. The molecular formula is C13H14N2O3. The van der Waals surface area contributed by atoms with Crippen molar-refractivity contribution in [1.29, 1.82) is 0 Å². The number of aromatic nitrogens is 2. The van der Waals surface area contributed by atoms with E-state index in [-0.39, 0.29) is 6.10 Å². The van der Waals surface area contributed by atoms with Crippen LogP contribution in [0.5, 0.6) is 17.6 Å². The third-order valence-electron chi connectivity index (χ3n) is 2.84. The van der Waals surface area contributed by atoms with Crippen molar-refractivity contribution in [3.63, 3.8) is 0 Å². The second-order valence-corrected chi connectivity index (χ2v) is 4.22. The molecule has 1 aromatic heterocycles. The Bertz CT molecular complexity index is 582. The molecule has 1 fully saturated rings. The maximum Gasteiger partial charge on any atom is 0.320 e. The van der Waals surface area contributed by atoms with Gasteiger partial charge in [0, 0.05) is 6.07 Å². The SMILES string of the molecule is COc1ccc2c(OC)nc(OC3CC3)nc2c1. The van der Waals surface area contributed by atoms with Gasteiger partial charge in [0.15, 0.2) is 0 Å². The predicted octanol–water partition coefficient (Wildman–Crippen LogP) is 2.19. The van der Waals surface area contributed by atoms with Crippen molar-refractivity contribution in [3.8, 4) is 17.6 Å². The molecule has 0 spiro atoms. The molecule has 1 saturated carbocycles. The molecule has 94 valence electrons. The Morgan fingerprint density at radius 2 is 1.94 bits per heavy atom. The topological polar surface area (TPSA) is 53.5 Å². The number of hydrogen-bond donors (Lipinski definition) is 0. The van der Waals surface area contributed by atoms with Gasteiger partial charge in [0.05, 0.1) is 25.1 Å². The van der Waals surface area contributed by atoms with Crippen LogP contribution in [0, 0.1) is 0 Å². The van der Waals surface area contributed by atoms with Gasteiger partial charge in [0.1, 0.15) is 11.9 Å². The van der Waals surface area contributed by atoms with Gasteiger partial charge in [0.25, 0.3) is 0 Å². The molecule has 0 amide bonds. The van der Waals surface area contributed by atoms with Crippen LogP contribution < -0.4 is 14.2 Å². The van der Waals surface area contributed by atoms with Gasteiger partial charge in [-0.3, -0.25) is 0 Å². The third kappa shape index (κ3) is 2.03. The van der Waals surface area contributed by atoms with Gasteiger partial charge < -0.3 is 14.2 Å². The van der Waals surface area contributed by atoms with Crippen molar-refractivity contribution in [2.75, 3.05) is 14.2 Å². The summed E-state index contributed by atoms with van der Waals surface area (Å²) in [5.41, 5.74) is 0.761. The maximum absolute atomic E-state index is 5.61. The van der Waals surface area contributed by atoms with E-state index in [9.17, 15) is 0 Å². The fourth-order valence-electron chi connectivity index (χ4n) is 1.73. The van der Waals surface area contributed by atoms with Crippen molar-refractivity contribution >= 4 is 10.9 Å². The molecule has 0 N–H and O–H groups in total. The average Bonchev–Trinajstić information content (AvgIpc) is 3.20. The number of hydrogen-bond acceptors (Lipinski definition) is 5. The third-order valence-corrected chi connectivity index (χ3v) is 2.84. The number of benzene rings is 1. The number of rotatable bonds is 4. The molecular weight excluding hydrogens is 232 g/mol. The van der Waals surface area contributed by atoms with E-state index in [0.29, 0.717) is 11.9 Å². The van der Waals surface area contributed by atoms with Gasteiger partial charge in [-0.2, -0.15) is 9.97 Å². The van der Waals surface area contributed by atoms with E-state index < -0.39 is 0 Å². The summed E-state index contributed by atoms with van der Waals surface area (Å²) < 4.78 is 16.1. The minimum Gasteiger partial charge on any atom is -0.497 e. The molecule has 3 rings (SSSR count). The lowest BCUT2D eigenvalue weighted by Gasteiger charge is -2.08. The summed E-state index contributed by atoms with van der Waals surface area (Å²) in [5.74, 6) is 1.28. The molecule has 0 saturated heterocycles. The molecule has 5 nitrogen and oxygen atoms in total. The van der Waals surface area contributed by atoms with Gasteiger partial charge in [-0.25, -0.2) is 0 Å². The Hall–Kier alpha value is -2.04. The second kappa shape index (κ2) is 4.33. The van der Waals surface area contributed by atoms with E-state index in [1.54, 1.807) is 14.2 Å². The Kier molecular flexibility index (Phi) is 2.66. The van der Waals surface area contributed by atoms with E-state index >= 15 is 0 Å². The van der Waals surface area contributed by atoms with Crippen LogP contribution in [-0.2, 0) is 0 Å². The summed E-state index contributed by atoms with van der Waals surface area (Å²) in [7, 11) is 3.22. The van der Waals surface area contributed by atoms with Crippen LogP contribution in [0.3, 0.4) is 0 Å². The summed E-state index contributed by atoms with van der Waals surface area (Å²) in [5, 5.41) is 0.849. The minimum atomic E-state index is 0.262. The lowest BCUT2D eigenvalue weighted by atomic mass is 10.2. The van der Waals surface area contributed by atoms with Crippen LogP contribution in [-0.4, -0.2) is 30.3 Å². The fourth-order valence-corrected chi connectivity index (χ4v) is 1.73. The molecule has 0 bridgehead atoms. The Morgan fingerprint density at radius 1 is 1.11 bits per heavy atom. The van der Waals surface area contributed by atoms with Gasteiger partial charge in [0.2, 0.25) is 5.88 Å². The van der Waals surface area contributed by atoms with E-state index in [2.05, 4.69) is 9.97 Å². The highest BCUT2D eigenvalue weighted by molar-refractivity contribution is 5.85. The molecule has 0 unspecified atom stereocenters. The molecule has 5 heteroatoms. The van der Waals surface area contributed by atoms with Crippen molar-refractivity contribution in [3.05, 3.63) is 18.2 Å². The van der Waals surface area contributed by atoms with Crippen molar-refractivity contribution < 1.29 is 14.2 Å². The smallest absolute Gasteiger partial charge is 0.320 e. The normalized spacial score (nSPS) is 14.6. The highest BCUT2D eigenvalue weighted by atomic mass is 16.5. The zero-order valence-corrected chi connectivity index (χ0v) is 10.3. The largest absolute Gasteiger partial charge is 0.497 e. The van der Waals surface area contributed by atoms with Crippen LogP contribution in [0.1, 0.15) is 12.8 Å². The first kappa shape index (κ1) is 11.1. The summed E-state index contributed by atoms with van der Waals surface area (Å²) in [6.07, 6.45) is 2.40. The van der Waals surface area contributed by atoms with E-state index in [1.165, 1.54) is 0 Å². The summed E-state index contributed by atoms with van der Waals surface area (Å²) in [4.78, 5) is 8.64. The van der Waals surface area contributed by atoms with Gasteiger partial charge >= 0.3 is 6.01 Å². The first-order valence-corrected chi connectivity index (χ1v) is 5.86. The first-order valence-electron chi connectivity index (χ1n) is 5.86. The zero-order valence-electron chi connectivity index (χ0n) is 10.3. The summed E-state index contributed by atoms with van der Waals surface area (Å²) >= 11 is 0. The molecule has 1 aliphatic carbocycles. The van der Waals surface area contributed by atoms with Gasteiger partial charge in [-0.05, 0) is 25.0 Å². The maximum atomic E-state index is 5.61. The summed E-state index contributed by atoms with van der Waals surface area (Å²) in [6.45, 7) is 0. The van der Waals surface area contributed by atoms with Crippen LogP contribution in [0.2, 0.25) is 0 Å². The molecule has 0 aliphatic heterocycles. The van der Waals surface area contributed by atoms with Crippen molar-refractivity contribution in [2.24, 2.45) is 0 Å². The molecule has 1 heterocycles. The van der Waals surface area contributed by atoms with Gasteiger partial charge in [-0.15, -0.1) is 0 Å². The Balaban J connectivity index is 2.09. The number of ether oxygens (including phenoxy) is 3. The van der Waals surface area contributed by atoms with Crippen LogP contribution in [0.25, 0.3) is 10.9 Å².